The molecule has 0 bridgehead atoms. The van der Waals surface area contributed by atoms with Crippen LogP contribution in [0.25, 0.3) is 0 Å². The third-order valence-electron chi connectivity index (χ3n) is 3.69. The number of aromatic nitrogens is 1. The van der Waals surface area contributed by atoms with Crippen molar-refractivity contribution in [2.45, 2.75) is 24.3 Å². The molecule has 2 heterocycles. The van der Waals surface area contributed by atoms with Gasteiger partial charge in [0.05, 0.1) is 18.0 Å². The molecule has 7 nitrogen and oxygen atoms in total. The predicted octanol–water partition coefficient (Wildman–Crippen LogP) is 1.89. The summed E-state index contributed by atoms with van der Waals surface area (Å²) < 4.78 is 60.2. The normalized spacial score (nSPS) is 18.5. The Kier molecular flexibility index (Phi) is 4.46. The lowest BCUT2D eigenvalue weighted by Gasteiger charge is -2.26. The van der Waals surface area contributed by atoms with Crippen LogP contribution in [0.5, 0.6) is 5.75 Å². The fraction of sp³-hybridized carbons (Fsp3) is 0.333. The second kappa shape index (κ2) is 6.43. The molecule has 1 amide bonds. The van der Waals surface area contributed by atoms with E-state index in [1.807, 2.05) is 0 Å². The minimum atomic E-state index is -3.55. The van der Waals surface area contributed by atoms with E-state index >= 15 is 0 Å². The summed E-state index contributed by atoms with van der Waals surface area (Å²) in [5, 5.41) is 5.76. The minimum Gasteiger partial charge on any atom is -0.486 e. The van der Waals surface area contributed by atoms with Crippen LogP contribution >= 0.6 is 0 Å². The second-order valence-corrected chi connectivity index (χ2v) is 7.49. The summed E-state index contributed by atoms with van der Waals surface area (Å²) in [6.07, 6.45) is -3.82. The number of benzene rings is 1. The molecular weight excluding hydrogens is 358 g/mol. The lowest BCUT2D eigenvalue weighted by molar-refractivity contribution is 0.0890. The Morgan fingerprint density at radius 2 is 2.12 bits per heavy atom. The molecule has 25 heavy (non-hydrogen) atoms. The molecule has 134 valence electrons. The first-order valence-electron chi connectivity index (χ1n) is 7.30. The minimum absolute atomic E-state index is 0.0235. The number of hydrogen-bond acceptors (Lipinski definition) is 6. The van der Waals surface area contributed by atoms with Gasteiger partial charge in [-0.2, -0.15) is 0 Å². The number of ether oxygens (including phenoxy) is 1. The third kappa shape index (κ3) is 3.34. The third-order valence-corrected chi connectivity index (χ3v) is 5.51. The number of nitrogens with zero attached hydrogens (tertiary/aromatic N) is 1. The Morgan fingerprint density at radius 1 is 1.40 bits per heavy atom. The number of carbonyl (C=O) groups is 1. The molecule has 1 unspecified atom stereocenters. The number of aryl methyl sites for hydroxylation is 1. The average molecular weight is 372 g/mol. The molecule has 0 fully saturated rings. The van der Waals surface area contributed by atoms with E-state index in [1.165, 1.54) is 19.1 Å². The molecule has 1 aromatic heterocycles. The second-order valence-electron chi connectivity index (χ2n) is 5.49. The SMILES string of the molecule is Cc1noc(C(F)F)c1C(=O)NCC1CS(=O)(=O)c2ccccc2O1. The zero-order chi connectivity index (χ0) is 18.2. The van der Waals surface area contributed by atoms with Gasteiger partial charge in [-0.15, -0.1) is 0 Å². The molecule has 2 aromatic rings. The van der Waals surface area contributed by atoms with Gasteiger partial charge in [-0.25, -0.2) is 17.2 Å². The summed E-state index contributed by atoms with van der Waals surface area (Å²) in [7, 11) is -3.55. The molecule has 1 aromatic carbocycles. The number of nitrogens with one attached hydrogen (secondary N) is 1. The van der Waals surface area contributed by atoms with E-state index in [2.05, 4.69) is 15.0 Å². The van der Waals surface area contributed by atoms with Crippen molar-refractivity contribution in [2.75, 3.05) is 12.3 Å². The first-order valence-corrected chi connectivity index (χ1v) is 8.96. The van der Waals surface area contributed by atoms with Gasteiger partial charge in [-0.1, -0.05) is 17.3 Å². The highest BCUT2D eigenvalue weighted by Gasteiger charge is 2.33. The number of rotatable bonds is 4. The van der Waals surface area contributed by atoms with Crippen LogP contribution in [-0.2, 0) is 9.84 Å². The number of halogens is 2. The van der Waals surface area contributed by atoms with Crippen molar-refractivity contribution in [2.24, 2.45) is 0 Å². The summed E-state index contributed by atoms with van der Waals surface area (Å²) in [6.45, 7) is 1.20. The highest BCUT2D eigenvalue weighted by molar-refractivity contribution is 7.91. The highest BCUT2D eigenvalue weighted by Crippen LogP contribution is 2.30. The van der Waals surface area contributed by atoms with Crippen LogP contribution in [0.2, 0.25) is 0 Å². The van der Waals surface area contributed by atoms with Crippen LogP contribution in [-0.4, -0.2) is 37.9 Å². The summed E-state index contributed by atoms with van der Waals surface area (Å²) in [6, 6.07) is 6.17. The molecule has 1 atom stereocenters. The standard InChI is InChI=1S/C15H14F2N2O5S/c1-8-12(13(14(16)17)24-19-8)15(20)18-6-9-7-25(21,22)11-5-3-2-4-10(11)23-9/h2-5,9,14H,6-7H2,1H3,(H,18,20). The van der Waals surface area contributed by atoms with Gasteiger partial charge in [0.2, 0.25) is 5.76 Å². The van der Waals surface area contributed by atoms with E-state index < -0.39 is 34.0 Å². The number of hydrogen-bond donors (Lipinski definition) is 1. The molecule has 0 saturated carbocycles. The molecule has 1 aliphatic rings. The fourth-order valence-corrected chi connectivity index (χ4v) is 4.12. The lowest BCUT2D eigenvalue weighted by Crippen LogP contribution is -2.42. The molecule has 0 aliphatic carbocycles. The number of alkyl halides is 2. The van der Waals surface area contributed by atoms with Crippen LogP contribution < -0.4 is 10.1 Å². The van der Waals surface area contributed by atoms with Gasteiger partial charge in [0.1, 0.15) is 22.3 Å². The van der Waals surface area contributed by atoms with Gasteiger partial charge >= 0.3 is 0 Å². The van der Waals surface area contributed by atoms with Crippen LogP contribution in [0.15, 0.2) is 33.7 Å². The van der Waals surface area contributed by atoms with Crippen molar-refractivity contribution in [3.63, 3.8) is 0 Å². The summed E-state index contributed by atoms with van der Waals surface area (Å²) in [5.74, 6) is -1.77. The van der Waals surface area contributed by atoms with Crippen LogP contribution in [0.3, 0.4) is 0 Å². The molecule has 1 aliphatic heterocycles. The Bertz CT molecular complexity index is 910. The van der Waals surface area contributed by atoms with Crippen molar-refractivity contribution in [3.8, 4) is 5.75 Å². The Balaban J connectivity index is 1.73. The molecule has 10 heteroatoms. The number of carbonyl (C=O) groups excluding carboxylic acids is 1. The molecule has 1 N–H and O–H groups in total. The van der Waals surface area contributed by atoms with Gasteiger partial charge in [0.15, 0.2) is 9.84 Å². The average Bonchev–Trinajstić information content (AvgIpc) is 2.94. The molecule has 3 rings (SSSR count). The zero-order valence-electron chi connectivity index (χ0n) is 13.0. The van der Waals surface area contributed by atoms with Gasteiger partial charge in [0.25, 0.3) is 12.3 Å². The quantitative estimate of drug-likeness (QED) is 0.880. The van der Waals surface area contributed by atoms with E-state index in [1.54, 1.807) is 12.1 Å². The zero-order valence-corrected chi connectivity index (χ0v) is 13.8. The van der Waals surface area contributed by atoms with E-state index in [-0.39, 0.29) is 34.2 Å². The van der Waals surface area contributed by atoms with Gasteiger partial charge < -0.3 is 14.6 Å². The number of fused-ring (bicyclic) bond motifs is 1. The van der Waals surface area contributed by atoms with Crippen molar-refractivity contribution in [1.82, 2.24) is 10.5 Å². The molecule has 0 radical (unpaired) electrons. The highest BCUT2D eigenvalue weighted by atomic mass is 32.2. The van der Waals surface area contributed by atoms with E-state index in [0.717, 1.165) is 0 Å². The van der Waals surface area contributed by atoms with Crippen molar-refractivity contribution >= 4 is 15.7 Å². The van der Waals surface area contributed by atoms with Crippen LogP contribution in [0.4, 0.5) is 8.78 Å². The van der Waals surface area contributed by atoms with Crippen LogP contribution in [0, 0.1) is 6.92 Å². The smallest absolute Gasteiger partial charge is 0.298 e. The molecular formula is C15H14F2N2O5S. The summed E-state index contributed by atoms with van der Waals surface area (Å²) in [5.41, 5.74) is -0.329. The van der Waals surface area contributed by atoms with E-state index in [0.29, 0.717) is 0 Å². The van der Waals surface area contributed by atoms with Gasteiger partial charge in [-0.05, 0) is 19.1 Å². The van der Waals surface area contributed by atoms with Gasteiger partial charge in [-0.3, -0.25) is 4.79 Å². The number of amides is 1. The number of para-hydroxylation sites is 1. The monoisotopic (exact) mass is 372 g/mol. The Morgan fingerprint density at radius 3 is 2.84 bits per heavy atom. The predicted molar refractivity (Wildman–Crippen MR) is 81.4 cm³/mol. The van der Waals surface area contributed by atoms with Crippen molar-refractivity contribution in [3.05, 3.63) is 41.3 Å². The van der Waals surface area contributed by atoms with Crippen molar-refractivity contribution in [1.29, 1.82) is 0 Å². The molecule has 0 spiro atoms. The maximum atomic E-state index is 12.8. The Labute approximate surface area is 141 Å². The van der Waals surface area contributed by atoms with Gasteiger partial charge in [0, 0.05) is 0 Å². The lowest BCUT2D eigenvalue weighted by atomic mass is 10.2. The first-order chi connectivity index (χ1) is 11.8. The fourth-order valence-electron chi connectivity index (χ4n) is 2.56. The van der Waals surface area contributed by atoms with E-state index in [9.17, 15) is 22.0 Å². The maximum Gasteiger partial charge on any atom is 0.298 e. The van der Waals surface area contributed by atoms with E-state index in [4.69, 9.17) is 4.74 Å². The summed E-state index contributed by atoms with van der Waals surface area (Å²) in [4.78, 5) is 12.2. The first kappa shape index (κ1) is 17.3. The Hall–Kier alpha value is -2.49. The topological polar surface area (TPSA) is 98.5 Å². The van der Waals surface area contributed by atoms with Crippen molar-refractivity contribution < 1.29 is 31.3 Å². The largest absolute Gasteiger partial charge is 0.486 e. The van der Waals surface area contributed by atoms with Crippen LogP contribution in [0.1, 0.15) is 28.2 Å². The number of sulfone groups is 1. The maximum absolute atomic E-state index is 12.8. The molecule has 0 saturated heterocycles. The summed E-state index contributed by atoms with van der Waals surface area (Å²) >= 11 is 0.